The highest BCUT2D eigenvalue weighted by atomic mass is 35.5. The third-order valence-corrected chi connectivity index (χ3v) is 26.2. The minimum atomic E-state index is -6.11. The van der Waals surface area contributed by atoms with Gasteiger partial charge in [0.05, 0.1) is 52.0 Å². The summed E-state index contributed by atoms with van der Waals surface area (Å²) >= 11 is 9.37. The first-order valence-corrected chi connectivity index (χ1v) is 42.6. The van der Waals surface area contributed by atoms with Gasteiger partial charge in [0.25, 0.3) is 25.8 Å². The van der Waals surface area contributed by atoms with Crippen LogP contribution >= 0.6 is 34.7 Å². The quantitative estimate of drug-likeness (QED) is 0.0194. The summed E-state index contributed by atoms with van der Waals surface area (Å²) in [6.07, 6.45) is 6.32. The van der Waals surface area contributed by atoms with Crippen LogP contribution in [0.3, 0.4) is 0 Å². The van der Waals surface area contributed by atoms with Crippen LogP contribution in [-0.4, -0.2) is 197 Å². The smallest absolute Gasteiger partial charge is 0.391 e. The second-order valence-electron chi connectivity index (χ2n) is 30.5. The van der Waals surface area contributed by atoms with Crippen molar-refractivity contribution in [1.29, 1.82) is 0 Å². The van der Waals surface area contributed by atoms with Gasteiger partial charge in [0, 0.05) is 125 Å². The Morgan fingerprint density at radius 1 is 0.817 bits per heavy atom. The molecule has 6 atom stereocenters. The van der Waals surface area contributed by atoms with Crippen LogP contribution in [0.25, 0.3) is 16.0 Å². The molecule has 5 N–H and O–H groups in total. The van der Waals surface area contributed by atoms with Gasteiger partial charge in [-0.05, 0) is 152 Å². The van der Waals surface area contributed by atoms with Crippen LogP contribution in [0.1, 0.15) is 145 Å². The van der Waals surface area contributed by atoms with E-state index in [4.69, 9.17) is 16.3 Å². The van der Waals surface area contributed by atoms with Crippen LogP contribution in [0.5, 0.6) is 0 Å². The van der Waals surface area contributed by atoms with E-state index in [1.54, 1.807) is 23.5 Å². The molecule has 3 unspecified atom stereocenters. The number of likely N-dealkylation sites (tertiary alicyclic amines) is 1. The molecule has 4 aliphatic rings. The molecule has 4 heterocycles. The fraction of sp³-hybridized carbons (Fsp3) is 0.500. The van der Waals surface area contributed by atoms with Gasteiger partial charge in [0.1, 0.15) is 17.0 Å². The Morgan fingerprint density at radius 3 is 2.13 bits per heavy atom. The van der Waals surface area contributed by atoms with Gasteiger partial charge in [0.2, 0.25) is 23.6 Å². The van der Waals surface area contributed by atoms with Gasteiger partial charge in [0.15, 0.2) is 0 Å². The van der Waals surface area contributed by atoms with Crippen molar-refractivity contribution in [1.82, 2.24) is 39.9 Å². The van der Waals surface area contributed by atoms with E-state index in [-0.39, 0.29) is 54.1 Å². The highest BCUT2D eigenvalue weighted by Crippen LogP contribution is 2.45. The van der Waals surface area contributed by atoms with Gasteiger partial charge in [-0.2, -0.15) is 13.2 Å². The molecule has 10 rings (SSSR count). The van der Waals surface area contributed by atoms with Crippen molar-refractivity contribution < 1.29 is 63.8 Å². The first kappa shape index (κ1) is 84.0. The zero-order valence-electron chi connectivity index (χ0n) is 63.0. The number of aliphatic hydroxyl groups is 1. The van der Waals surface area contributed by atoms with Crippen molar-refractivity contribution in [2.45, 2.75) is 169 Å². The predicted molar refractivity (Wildman–Crippen MR) is 423 cm³/mol. The number of unbranched alkanes of at least 4 members (excludes halogenated alkanes) is 4. The number of aryl methyl sites for hydroxylation is 1. The summed E-state index contributed by atoms with van der Waals surface area (Å²) in [4.78, 5) is 83.2. The number of hydrogen-bond donors (Lipinski definition) is 5. The summed E-state index contributed by atoms with van der Waals surface area (Å²) in [5, 5.41) is 20.4. The lowest BCUT2D eigenvalue weighted by Gasteiger charge is -2.42. The molecule has 590 valence electrons. The number of aliphatic hydroxyl groups excluding tert-OH is 1. The SMILES string of the molecule is Cc1ncsc1-c1ccc([C@H](C)NC(=O)[C@@H]2C[C@@H](O)CN2C(=O)C(NC(=O)CCCCCCCC(=O)N(C)CC2(C)CCC(c3ccc(Cl)cc3)=C(CN3CCN(c4ccc(C(=O)NS(=O)(=O)c5ccc(NC(CCN6CCOCC6)CSc6ccccc6)c(S(=O)(=O)C(F)(F)F)c5)cc4)CC3)C2)C(C)(C)C)cc1. The van der Waals surface area contributed by atoms with E-state index in [1.807, 2.05) is 124 Å². The number of sulfonamides is 1. The number of allylic oxidation sites excluding steroid dienone is 1. The number of rotatable bonds is 32. The van der Waals surface area contributed by atoms with E-state index in [9.17, 15) is 59.1 Å². The molecule has 0 bridgehead atoms. The monoisotopic (exact) mass is 1600 g/mol. The van der Waals surface area contributed by atoms with Gasteiger partial charge >= 0.3 is 5.51 Å². The Labute approximate surface area is 652 Å². The molecule has 5 amide bonds. The first-order chi connectivity index (χ1) is 51.7. The molecule has 1 aromatic heterocycles. The Bertz CT molecular complexity index is 4390. The highest BCUT2D eigenvalue weighted by Gasteiger charge is 2.49. The molecular formula is C80H102ClF3N10O11S4. The molecule has 0 saturated carbocycles. The number of morpholine rings is 1. The maximum atomic E-state index is 14.4. The number of β-amino-alcohol motifs (C(OH)–C–C–N with tert-alkyl or cyclic N) is 1. The molecule has 0 spiro atoms. The zero-order valence-corrected chi connectivity index (χ0v) is 67.1. The summed E-state index contributed by atoms with van der Waals surface area (Å²) in [6.45, 7) is 18.5. The van der Waals surface area contributed by atoms with E-state index in [2.05, 4.69) is 54.7 Å². The molecule has 21 nitrogen and oxygen atoms in total. The lowest BCUT2D eigenvalue weighted by molar-refractivity contribution is -0.144. The number of ether oxygens (including phenoxy) is 1. The average molecular weight is 1600 g/mol. The Balaban J connectivity index is 0.675. The minimum absolute atomic E-state index is 0.0243. The number of carbonyl (C=O) groups excluding carboxylic acids is 5. The number of amides is 5. The average Bonchev–Trinajstić information content (AvgIpc) is 1.50. The van der Waals surface area contributed by atoms with Crippen LogP contribution in [0.2, 0.25) is 5.02 Å². The highest BCUT2D eigenvalue weighted by molar-refractivity contribution is 7.99. The maximum absolute atomic E-state index is 14.4. The summed E-state index contributed by atoms with van der Waals surface area (Å²) in [5.41, 5.74) is 1.95. The number of nitrogens with zero attached hydrogens (tertiary/aromatic N) is 6. The van der Waals surface area contributed by atoms with E-state index in [0.717, 1.165) is 88.5 Å². The predicted octanol–water partition coefficient (Wildman–Crippen LogP) is 12.8. The van der Waals surface area contributed by atoms with Crippen molar-refractivity contribution in [2.24, 2.45) is 10.8 Å². The normalized spacial score (nSPS) is 19.3. The number of benzene rings is 5. The number of thioether (sulfide) groups is 1. The summed E-state index contributed by atoms with van der Waals surface area (Å²) in [6, 6.07) is 31.1. The number of sulfone groups is 1. The van der Waals surface area contributed by atoms with Gasteiger partial charge in [-0.15, -0.1) is 23.1 Å². The number of alkyl halides is 3. The summed E-state index contributed by atoms with van der Waals surface area (Å²) < 4.78 is 105. The van der Waals surface area contributed by atoms with E-state index in [1.165, 1.54) is 39.9 Å². The fourth-order valence-corrected chi connectivity index (χ4v) is 18.7. The largest absolute Gasteiger partial charge is 0.501 e. The Kier molecular flexibility index (Phi) is 28.7. The number of nitrogens with one attached hydrogen (secondary N) is 4. The van der Waals surface area contributed by atoms with Crippen molar-refractivity contribution in [3.05, 3.63) is 160 Å². The fourth-order valence-electron chi connectivity index (χ4n) is 14.7. The van der Waals surface area contributed by atoms with E-state index in [0.29, 0.717) is 115 Å². The number of aromatic nitrogens is 1. The van der Waals surface area contributed by atoms with Gasteiger partial charge in [-0.3, -0.25) is 33.8 Å². The third kappa shape index (κ3) is 22.7. The Morgan fingerprint density at radius 2 is 1.48 bits per heavy atom. The van der Waals surface area contributed by atoms with E-state index < -0.39 is 82.3 Å². The summed E-state index contributed by atoms with van der Waals surface area (Å²) in [7, 11) is -9.16. The van der Waals surface area contributed by atoms with Gasteiger partial charge in [-0.25, -0.2) is 26.5 Å². The third-order valence-electron chi connectivity index (χ3n) is 21.0. The van der Waals surface area contributed by atoms with Crippen LogP contribution in [0.4, 0.5) is 24.5 Å². The topological polar surface area (TPSA) is 260 Å². The van der Waals surface area contributed by atoms with Gasteiger partial charge in [-0.1, -0.05) is 119 Å². The molecule has 109 heavy (non-hydrogen) atoms. The molecule has 29 heteroatoms. The number of carbonyl (C=O) groups is 5. The lowest BCUT2D eigenvalue weighted by Crippen LogP contribution is -2.57. The van der Waals surface area contributed by atoms with Crippen LogP contribution in [-0.2, 0) is 43.8 Å². The van der Waals surface area contributed by atoms with Crippen LogP contribution in [0.15, 0.2) is 147 Å². The van der Waals surface area contributed by atoms with Crippen molar-refractivity contribution in [3.8, 4) is 10.4 Å². The standard InChI is InChI=1S/C80H102ClF3N10O11S4/c1-54(56-20-22-58(23-21-56)73-55(2)85-53-107-73)86-76(99)69-46-64(95)50-94(69)77(100)74(78(3,4)5)88-71(96)18-14-9-8-10-15-19-72(97)90(7)52-79(6)36-34-67(57-24-28-61(81)29-25-57)60(48-79)49-92-38-40-93(41-39-92)63-30-26-59(27-31-63)75(98)89-109(103,104)66-32-33-68(70(47-66)108(101,102)80(82,83)84)87-62(35-37-91-42-44-105-45-43-91)51-106-65-16-12-11-13-17-65/h11-13,16-17,20-33,47,53-54,62,64,69,74,87,95H,8-10,14-15,18-19,34-46,48-52H2,1-7H3,(H,86,99)(H,88,96)(H,89,98)/t54-,62?,64+,69-,74?,79?/m0/s1. The molecular weight excluding hydrogens is 1500 g/mol. The molecule has 3 fully saturated rings. The molecule has 6 aromatic rings. The zero-order chi connectivity index (χ0) is 78.4. The molecule has 3 saturated heterocycles. The van der Waals surface area contributed by atoms with Crippen LogP contribution in [0, 0.1) is 17.8 Å². The number of anilines is 2. The lowest BCUT2D eigenvalue weighted by atomic mass is 9.71. The number of hydrogen-bond acceptors (Lipinski definition) is 18. The van der Waals surface area contributed by atoms with Crippen molar-refractivity contribution in [2.75, 3.05) is 102 Å². The van der Waals surface area contributed by atoms with E-state index >= 15 is 0 Å². The number of halogens is 4. The second-order valence-corrected chi connectivity index (χ2v) is 36.5. The molecule has 3 aliphatic heterocycles. The number of thiazole rings is 1. The second kappa shape index (κ2) is 37.3. The Hall–Kier alpha value is -7.41. The maximum Gasteiger partial charge on any atom is 0.501 e. The number of piperazine rings is 1. The van der Waals surface area contributed by atoms with Crippen LogP contribution < -0.4 is 25.6 Å². The first-order valence-electron chi connectivity index (χ1n) is 37.4. The molecule has 5 aromatic carbocycles. The van der Waals surface area contributed by atoms with Gasteiger partial charge < -0.3 is 40.5 Å². The summed E-state index contributed by atoms with van der Waals surface area (Å²) in [5.74, 6) is -1.72. The molecule has 0 radical (unpaired) electrons. The van der Waals surface area contributed by atoms with Crippen molar-refractivity contribution >= 4 is 101 Å². The minimum Gasteiger partial charge on any atom is -0.391 e. The molecule has 1 aliphatic carbocycles. The van der Waals surface area contributed by atoms with Crippen molar-refractivity contribution in [3.63, 3.8) is 0 Å².